The molecule has 2 aromatic carbocycles. The number of anilines is 2. The molecule has 0 atom stereocenters. The molecule has 0 aliphatic carbocycles. The van der Waals surface area contributed by atoms with E-state index in [1.54, 1.807) is 64.3 Å². The molecule has 0 saturated heterocycles. The van der Waals surface area contributed by atoms with Gasteiger partial charge < -0.3 is 20.5 Å². The zero-order valence-corrected chi connectivity index (χ0v) is 22.6. The number of nitrogens with two attached hydrogens (primary N) is 1. The van der Waals surface area contributed by atoms with Gasteiger partial charge in [0.25, 0.3) is 0 Å². The standard InChI is InChI=1S/C30H31FN6O2/c1-19-14-35-30(36-15-19)20(2)16-33-17-21(3)37(31)25-9-6-22(7-10-25)26-12-24(18-34-29(26)32)23-8-11-27(38-4)28(13-23)39-5/h6-18,33H,1-5H3,(H2,32,34)/b20-16+,21-17+. The Morgan fingerprint density at radius 1 is 0.846 bits per heavy atom. The van der Waals surface area contributed by atoms with Crippen LogP contribution in [0.5, 0.6) is 11.5 Å². The Balaban J connectivity index is 1.50. The van der Waals surface area contributed by atoms with Crippen LogP contribution < -0.4 is 25.6 Å². The molecule has 2 heterocycles. The molecule has 0 aliphatic rings. The minimum atomic E-state index is 0.369. The molecule has 0 spiro atoms. The average molecular weight is 527 g/mol. The van der Waals surface area contributed by atoms with Gasteiger partial charge >= 0.3 is 0 Å². The van der Waals surface area contributed by atoms with E-state index in [-0.39, 0.29) is 0 Å². The number of pyridine rings is 1. The minimum Gasteiger partial charge on any atom is -0.493 e. The topological polar surface area (TPSA) is 98.4 Å². The lowest BCUT2D eigenvalue weighted by Crippen LogP contribution is -2.11. The molecule has 0 bridgehead atoms. The number of nitrogen functional groups attached to an aromatic ring is 1. The molecule has 8 nitrogen and oxygen atoms in total. The van der Waals surface area contributed by atoms with Crippen molar-refractivity contribution in [1.29, 1.82) is 0 Å². The molecular weight excluding hydrogens is 495 g/mol. The predicted molar refractivity (Wildman–Crippen MR) is 154 cm³/mol. The summed E-state index contributed by atoms with van der Waals surface area (Å²) >= 11 is 0. The number of aromatic nitrogens is 3. The summed E-state index contributed by atoms with van der Waals surface area (Å²) in [4.78, 5) is 13.0. The fraction of sp³-hybridized carbons (Fsp3) is 0.167. The number of aryl methyl sites for hydroxylation is 1. The Kier molecular flexibility index (Phi) is 8.40. The van der Waals surface area contributed by atoms with Gasteiger partial charge in [0.05, 0.1) is 25.6 Å². The van der Waals surface area contributed by atoms with Crippen LogP contribution in [-0.4, -0.2) is 29.2 Å². The monoisotopic (exact) mass is 526 g/mol. The lowest BCUT2D eigenvalue weighted by molar-refractivity contribution is 0.355. The van der Waals surface area contributed by atoms with Crippen LogP contribution >= 0.6 is 0 Å². The largest absolute Gasteiger partial charge is 0.493 e. The Morgan fingerprint density at radius 3 is 2.18 bits per heavy atom. The number of rotatable bonds is 9. The van der Waals surface area contributed by atoms with Crippen LogP contribution in [-0.2, 0) is 0 Å². The number of halogens is 1. The molecule has 39 heavy (non-hydrogen) atoms. The van der Waals surface area contributed by atoms with Crippen molar-refractivity contribution >= 4 is 17.1 Å². The molecule has 9 heteroatoms. The molecule has 4 aromatic rings. The number of ether oxygens (including phenoxy) is 2. The number of nitrogens with one attached hydrogen (secondary N) is 1. The summed E-state index contributed by atoms with van der Waals surface area (Å²) in [6.07, 6.45) is 8.51. The van der Waals surface area contributed by atoms with E-state index in [0.29, 0.717) is 39.6 Å². The van der Waals surface area contributed by atoms with Crippen molar-refractivity contribution in [3.05, 3.63) is 96.6 Å². The average Bonchev–Trinajstić information content (AvgIpc) is 2.97. The number of allylic oxidation sites excluding steroid dienone is 2. The van der Waals surface area contributed by atoms with E-state index >= 15 is 4.48 Å². The first kappa shape index (κ1) is 27.1. The van der Waals surface area contributed by atoms with Gasteiger partial charge in [-0.05, 0) is 67.8 Å². The summed E-state index contributed by atoms with van der Waals surface area (Å²) in [7, 11) is 3.19. The lowest BCUT2D eigenvalue weighted by Gasteiger charge is -2.15. The first-order valence-electron chi connectivity index (χ1n) is 12.2. The fourth-order valence-corrected chi connectivity index (χ4v) is 3.86. The van der Waals surface area contributed by atoms with E-state index in [4.69, 9.17) is 15.2 Å². The van der Waals surface area contributed by atoms with E-state index in [9.17, 15) is 0 Å². The van der Waals surface area contributed by atoms with Crippen molar-refractivity contribution < 1.29 is 14.0 Å². The predicted octanol–water partition coefficient (Wildman–Crippen LogP) is 6.32. The van der Waals surface area contributed by atoms with Gasteiger partial charge in [-0.1, -0.05) is 22.7 Å². The van der Waals surface area contributed by atoms with Gasteiger partial charge in [0.15, 0.2) is 17.3 Å². The Hall–Kier alpha value is -4.92. The maximum atomic E-state index is 15.1. The summed E-state index contributed by atoms with van der Waals surface area (Å²) in [6, 6.07) is 14.6. The normalized spacial score (nSPS) is 11.7. The zero-order chi connectivity index (χ0) is 27.9. The van der Waals surface area contributed by atoms with Crippen LogP contribution in [0.4, 0.5) is 16.0 Å². The molecule has 0 aliphatic heterocycles. The van der Waals surface area contributed by atoms with Crippen LogP contribution in [0.1, 0.15) is 25.2 Å². The lowest BCUT2D eigenvalue weighted by atomic mass is 10.0. The molecule has 200 valence electrons. The molecule has 0 unspecified atom stereocenters. The summed E-state index contributed by atoms with van der Waals surface area (Å²) < 4.78 is 25.8. The second-order valence-corrected chi connectivity index (χ2v) is 8.92. The Bertz CT molecular complexity index is 1500. The van der Waals surface area contributed by atoms with Gasteiger partial charge in [0.1, 0.15) is 5.82 Å². The van der Waals surface area contributed by atoms with Gasteiger partial charge in [-0.15, -0.1) is 0 Å². The minimum absolute atomic E-state index is 0.369. The number of benzene rings is 2. The number of methoxy groups -OCH3 is 2. The van der Waals surface area contributed by atoms with Crippen LogP contribution in [0.15, 0.2) is 85.2 Å². The highest BCUT2D eigenvalue weighted by Gasteiger charge is 2.12. The van der Waals surface area contributed by atoms with Crippen molar-refractivity contribution in [2.45, 2.75) is 20.8 Å². The second-order valence-electron chi connectivity index (χ2n) is 8.92. The van der Waals surface area contributed by atoms with Crippen molar-refractivity contribution in [3.8, 4) is 33.8 Å². The molecule has 0 saturated carbocycles. The van der Waals surface area contributed by atoms with E-state index in [1.165, 1.54) is 0 Å². The maximum Gasteiger partial charge on any atom is 0.161 e. The summed E-state index contributed by atoms with van der Waals surface area (Å²) in [5, 5.41) is 3.60. The van der Waals surface area contributed by atoms with E-state index in [1.807, 2.05) is 50.2 Å². The van der Waals surface area contributed by atoms with Crippen molar-refractivity contribution in [2.75, 3.05) is 25.1 Å². The van der Waals surface area contributed by atoms with E-state index < -0.39 is 0 Å². The highest BCUT2D eigenvalue weighted by molar-refractivity contribution is 5.80. The van der Waals surface area contributed by atoms with Gasteiger partial charge in [-0.2, -0.15) is 5.12 Å². The SMILES string of the molecule is COc1ccc(-c2cnc(N)c(-c3ccc(N(F)/C(C)=C/N/C=C(\C)c4ncc(C)cn4)cc3)c2)cc1OC. The zero-order valence-electron chi connectivity index (χ0n) is 22.6. The molecule has 0 fully saturated rings. The molecule has 3 N–H and O–H groups in total. The summed E-state index contributed by atoms with van der Waals surface area (Å²) in [6.45, 7) is 5.48. The van der Waals surface area contributed by atoms with Gasteiger partial charge in [-0.3, -0.25) is 0 Å². The van der Waals surface area contributed by atoms with E-state index in [2.05, 4.69) is 20.3 Å². The van der Waals surface area contributed by atoms with Crippen molar-refractivity contribution in [3.63, 3.8) is 0 Å². The number of hydrogen-bond donors (Lipinski definition) is 2. The Morgan fingerprint density at radius 2 is 1.51 bits per heavy atom. The van der Waals surface area contributed by atoms with Crippen LogP contribution in [0.2, 0.25) is 0 Å². The third-order valence-electron chi connectivity index (χ3n) is 6.08. The highest BCUT2D eigenvalue weighted by Crippen LogP contribution is 2.35. The molecule has 4 rings (SSSR count). The fourth-order valence-electron chi connectivity index (χ4n) is 3.86. The van der Waals surface area contributed by atoms with Gasteiger partial charge in [0.2, 0.25) is 0 Å². The first-order chi connectivity index (χ1) is 18.8. The molecule has 2 aromatic heterocycles. The Labute approximate surface area is 227 Å². The van der Waals surface area contributed by atoms with Gasteiger partial charge in [-0.25, -0.2) is 15.0 Å². The highest BCUT2D eigenvalue weighted by atomic mass is 19.2. The van der Waals surface area contributed by atoms with Crippen molar-refractivity contribution in [1.82, 2.24) is 20.3 Å². The van der Waals surface area contributed by atoms with Crippen LogP contribution in [0, 0.1) is 6.92 Å². The van der Waals surface area contributed by atoms with Crippen LogP contribution in [0.3, 0.4) is 0 Å². The van der Waals surface area contributed by atoms with E-state index in [0.717, 1.165) is 33.4 Å². The second kappa shape index (κ2) is 12.1. The van der Waals surface area contributed by atoms with Gasteiger partial charge in [0, 0.05) is 47.7 Å². The van der Waals surface area contributed by atoms with Crippen molar-refractivity contribution in [2.24, 2.45) is 0 Å². The number of nitrogens with zero attached hydrogens (tertiary/aromatic N) is 4. The molecule has 0 radical (unpaired) electrons. The molecular formula is C30H31FN6O2. The summed E-state index contributed by atoms with van der Waals surface area (Å²) in [5.74, 6) is 2.25. The van der Waals surface area contributed by atoms with Crippen LogP contribution in [0.25, 0.3) is 27.8 Å². The smallest absolute Gasteiger partial charge is 0.161 e. The quantitative estimate of drug-likeness (QED) is 0.245. The maximum absolute atomic E-state index is 15.1. The summed E-state index contributed by atoms with van der Waals surface area (Å²) in [5.41, 5.74) is 12.1. The number of hydrogen-bond acceptors (Lipinski definition) is 8. The third-order valence-corrected chi connectivity index (χ3v) is 6.08. The third kappa shape index (κ3) is 6.32. The first-order valence-corrected chi connectivity index (χ1v) is 12.2. The molecule has 0 amide bonds.